The molecule has 2 fully saturated rings. The Balaban J connectivity index is 1.69. The van der Waals surface area contributed by atoms with Gasteiger partial charge in [0.15, 0.2) is 16.8 Å². The molecule has 1 saturated carbocycles. The summed E-state index contributed by atoms with van der Waals surface area (Å²) in [5, 5.41) is 21.3. The second-order valence-electron chi connectivity index (χ2n) is 7.97. The number of carbonyl (C=O) groups is 2. The van der Waals surface area contributed by atoms with Crippen molar-refractivity contribution in [3.63, 3.8) is 0 Å². The van der Waals surface area contributed by atoms with E-state index in [1.54, 1.807) is 11.2 Å². The lowest BCUT2D eigenvalue weighted by Crippen LogP contribution is -2.42. The maximum Gasteiger partial charge on any atom is 0.404 e. The number of nitrogens with one attached hydrogen (secondary N) is 3. The van der Waals surface area contributed by atoms with Crippen molar-refractivity contribution in [1.29, 1.82) is 0 Å². The molecule has 1 aromatic heterocycles. The molecule has 1 aliphatic heterocycles. The minimum absolute atomic E-state index is 0.0153. The lowest BCUT2D eigenvalue weighted by Gasteiger charge is -2.22. The molecule has 10 nitrogen and oxygen atoms in total. The van der Waals surface area contributed by atoms with Crippen LogP contribution in [0.3, 0.4) is 0 Å². The summed E-state index contributed by atoms with van der Waals surface area (Å²) in [6.45, 7) is 0.732. The third-order valence-electron chi connectivity index (χ3n) is 5.73. The Kier molecular flexibility index (Phi) is 8.13. The topological polar surface area (TPSA) is 140 Å². The van der Waals surface area contributed by atoms with Crippen LogP contribution in [0.25, 0.3) is 0 Å². The summed E-state index contributed by atoms with van der Waals surface area (Å²) < 4.78 is 15.0. The predicted octanol–water partition coefficient (Wildman–Crippen LogP) is 1.82. The summed E-state index contributed by atoms with van der Waals surface area (Å²) in [5.74, 6) is -1.45. The fourth-order valence-electron chi connectivity index (χ4n) is 4.10. The molecule has 0 bridgehead atoms. The fraction of sp³-hybridized carbons (Fsp3) is 0.684. The monoisotopic (exact) mass is 456 g/mol. The largest absolute Gasteiger partial charge is 0.465 e. The minimum atomic E-state index is -1.19. The second-order valence-corrected chi connectivity index (χ2v) is 8.74. The maximum absolute atomic E-state index is 15.0. The van der Waals surface area contributed by atoms with Crippen molar-refractivity contribution in [3.8, 4) is 0 Å². The molecule has 3 rings (SSSR count). The number of aliphatic hydroxyl groups excluding tert-OH is 1. The lowest BCUT2D eigenvalue weighted by molar-refractivity contribution is -0.124. The number of thioether (sulfide) groups is 1. The minimum Gasteiger partial charge on any atom is -0.465 e. The van der Waals surface area contributed by atoms with Crippen LogP contribution in [-0.4, -0.2) is 64.2 Å². The zero-order valence-electron chi connectivity index (χ0n) is 17.4. The van der Waals surface area contributed by atoms with Crippen molar-refractivity contribution >= 4 is 35.4 Å². The third kappa shape index (κ3) is 6.33. The molecule has 0 unspecified atom stereocenters. The van der Waals surface area contributed by atoms with Gasteiger partial charge in [0.1, 0.15) is 0 Å². The van der Waals surface area contributed by atoms with Crippen LogP contribution >= 0.6 is 11.8 Å². The molecule has 31 heavy (non-hydrogen) atoms. The maximum atomic E-state index is 15.0. The van der Waals surface area contributed by atoms with Crippen molar-refractivity contribution in [2.45, 2.75) is 49.8 Å². The molecule has 2 atom stereocenters. The highest BCUT2D eigenvalue weighted by Crippen LogP contribution is 2.31. The molecule has 0 spiro atoms. The molecule has 0 radical (unpaired) electrons. The number of carbonyl (C=O) groups excluding carboxylic acids is 1. The predicted molar refractivity (Wildman–Crippen MR) is 114 cm³/mol. The first-order chi connectivity index (χ1) is 14.9. The first kappa shape index (κ1) is 23.3. The van der Waals surface area contributed by atoms with E-state index < -0.39 is 29.8 Å². The number of nitrogens with zero attached hydrogens (tertiary/aromatic N) is 3. The Morgan fingerprint density at radius 3 is 2.65 bits per heavy atom. The molecule has 172 valence electrons. The summed E-state index contributed by atoms with van der Waals surface area (Å²) in [6, 6.07) is 0. The van der Waals surface area contributed by atoms with Gasteiger partial charge >= 0.3 is 6.09 Å². The fourth-order valence-corrected chi connectivity index (χ4v) is 4.46. The number of hydrazine groups is 1. The van der Waals surface area contributed by atoms with Gasteiger partial charge in [0, 0.05) is 19.6 Å². The summed E-state index contributed by atoms with van der Waals surface area (Å²) in [5.41, 5.74) is 5.04. The van der Waals surface area contributed by atoms with Crippen molar-refractivity contribution in [3.05, 3.63) is 5.82 Å². The van der Waals surface area contributed by atoms with Crippen molar-refractivity contribution in [2.24, 2.45) is 11.8 Å². The van der Waals surface area contributed by atoms with E-state index in [4.69, 9.17) is 5.11 Å². The molecular formula is C19H29FN6O4S. The van der Waals surface area contributed by atoms with Gasteiger partial charge in [-0.2, -0.15) is 4.39 Å². The van der Waals surface area contributed by atoms with Gasteiger partial charge in [-0.3, -0.25) is 15.6 Å². The molecule has 0 aromatic carbocycles. The molecular weight excluding hydrogens is 427 g/mol. The molecule has 12 heteroatoms. The van der Waals surface area contributed by atoms with Crippen LogP contribution in [-0.2, 0) is 4.79 Å². The summed E-state index contributed by atoms with van der Waals surface area (Å²) in [6.07, 6.45) is 5.38. The number of aliphatic hydroxyl groups is 1. The zero-order valence-corrected chi connectivity index (χ0v) is 18.3. The smallest absolute Gasteiger partial charge is 0.404 e. The number of carboxylic acid groups (broad SMARTS) is 1. The molecule has 1 aliphatic carbocycles. The van der Waals surface area contributed by atoms with Gasteiger partial charge in [0.25, 0.3) is 0 Å². The highest BCUT2D eigenvalue weighted by atomic mass is 32.2. The quantitative estimate of drug-likeness (QED) is 0.214. The lowest BCUT2D eigenvalue weighted by atomic mass is 9.92. The molecule has 2 aliphatic rings. The van der Waals surface area contributed by atoms with Gasteiger partial charge in [-0.05, 0) is 25.0 Å². The van der Waals surface area contributed by atoms with Crippen LogP contribution in [0, 0.1) is 17.7 Å². The summed E-state index contributed by atoms with van der Waals surface area (Å²) in [4.78, 5) is 33.6. The first-order valence-corrected chi connectivity index (χ1v) is 11.7. The van der Waals surface area contributed by atoms with Crippen LogP contribution in [0.4, 0.5) is 20.8 Å². The van der Waals surface area contributed by atoms with E-state index in [2.05, 4.69) is 26.1 Å². The Morgan fingerprint density at radius 1 is 1.29 bits per heavy atom. The van der Waals surface area contributed by atoms with E-state index in [0.29, 0.717) is 30.5 Å². The van der Waals surface area contributed by atoms with E-state index in [1.807, 2.05) is 0 Å². The number of amides is 2. The standard InChI is InChI=1S/C19H29FN6O4S/c1-31-18-22-15(14(20)16(23-18)26-7-6-13(27)10-26)24-25-17(28)12(9-21-19(29)30)8-11-4-2-3-5-11/h11-13,21,27H,2-10H2,1H3,(H,25,28)(H,29,30)(H,22,23,24)/t12-,13+/m1/s1. The summed E-state index contributed by atoms with van der Waals surface area (Å²) in [7, 11) is 0. The van der Waals surface area contributed by atoms with Crippen molar-refractivity contribution in [1.82, 2.24) is 20.7 Å². The van der Waals surface area contributed by atoms with Crippen LogP contribution < -0.4 is 21.1 Å². The Hall–Kier alpha value is -2.34. The number of aromatic nitrogens is 2. The molecule has 2 amide bonds. The number of β-amino-alcohol motifs (C(OH)–C–C–N with tert-alkyl or cyclic N) is 1. The first-order valence-electron chi connectivity index (χ1n) is 10.4. The highest BCUT2D eigenvalue weighted by molar-refractivity contribution is 7.98. The van der Waals surface area contributed by atoms with E-state index in [0.717, 1.165) is 25.7 Å². The van der Waals surface area contributed by atoms with E-state index >= 15 is 4.39 Å². The Bertz CT molecular complexity index is 795. The average molecular weight is 457 g/mol. The number of halogens is 1. The molecule has 2 heterocycles. The van der Waals surface area contributed by atoms with Crippen LogP contribution in [0.5, 0.6) is 0 Å². The second kappa shape index (κ2) is 10.8. The normalized spacial score (nSPS) is 20.0. The Labute approximate surface area is 184 Å². The molecule has 5 N–H and O–H groups in total. The number of hydrogen-bond acceptors (Lipinski definition) is 8. The average Bonchev–Trinajstić information content (AvgIpc) is 3.41. The summed E-state index contributed by atoms with van der Waals surface area (Å²) >= 11 is 1.23. The van der Waals surface area contributed by atoms with Gasteiger partial charge in [0.2, 0.25) is 11.7 Å². The van der Waals surface area contributed by atoms with Gasteiger partial charge in [0.05, 0.1) is 12.0 Å². The van der Waals surface area contributed by atoms with Gasteiger partial charge in [-0.15, -0.1) is 0 Å². The SMILES string of the molecule is CSc1nc(NNC(=O)[C@@H](CNC(=O)O)CC2CCCC2)c(F)c(N2CC[C@H](O)C2)n1. The number of anilines is 2. The van der Waals surface area contributed by atoms with Crippen LogP contribution in [0.1, 0.15) is 38.5 Å². The van der Waals surface area contributed by atoms with Crippen LogP contribution in [0.15, 0.2) is 5.16 Å². The van der Waals surface area contributed by atoms with Gasteiger partial charge < -0.3 is 20.4 Å². The van der Waals surface area contributed by atoms with E-state index in [1.165, 1.54) is 11.8 Å². The van der Waals surface area contributed by atoms with E-state index in [9.17, 15) is 14.7 Å². The van der Waals surface area contributed by atoms with Gasteiger partial charge in [-0.1, -0.05) is 37.4 Å². The van der Waals surface area contributed by atoms with Crippen molar-refractivity contribution in [2.75, 3.05) is 36.2 Å². The molecule has 1 aromatic rings. The number of rotatable bonds is 9. The number of hydrogen-bond donors (Lipinski definition) is 5. The zero-order chi connectivity index (χ0) is 22.4. The van der Waals surface area contributed by atoms with Crippen LogP contribution in [0.2, 0.25) is 0 Å². The third-order valence-corrected chi connectivity index (χ3v) is 6.27. The van der Waals surface area contributed by atoms with Crippen molar-refractivity contribution < 1.29 is 24.2 Å². The molecule has 1 saturated heterocycles. The highest BCUT2D eigenvalue weighted by Gasteiger charge is 2.28. The Morgan fingerprint density at radius 2 is 2.03 bits per heavy atom. The van der Waals surface area contributed by atoms with E-state index in [-0.39, 0.29) is 24.7 Å². The van der Waals surface area contributed by atoms with Gasteiger partial charge in [-0.25, -0.2) is 14.8 Å².